The van der Waals surface area contributed by atoms with Gasteiger partial charge in [0.15, 0.2) is 0 Å². The second-order valence-corrected chi connectivity index (χ2v) is 27.3. The Bertz CT molecular complexity index is 2930. The summed E-state index contributed by atoms with van der Waals surface area (Å²) in [4.78, 5) is 49.7. The number of hydrogen-bond donors (Lipinski definition) is 4. The molecular weight excluding hydrogens is 1540 g/mol. The van der Waals surface area contributed by atoms with E-state index in [-0.39, 0.29) is 56.9 Å². The van der Waals surface area contributed by atoms with Crippen LogP contribution in [0.3, 0.4) is 0 Å². The minimum atomic E-state index is -0.933. The molecule has 0 saturated heterocycles. The maximum Gasteiger partial charge on any atom is 0.331 e. The summed E-state index contributed by atoms with van der Waals surface area (Å²) in [6.07, 6.45) is 23.0. The molecule has 6 aromatic rings. The van der Waals surface area contributed by atoms with Gasteiger partial charge in [0.2, 0.25) is 0 Å². The molecule has 6 aliphatic rings. The second kappa shape index (κ2) is 87.2. The van der Waals surface area contributed by atoms with Gasteiger partial charge in [0, 0.05) is 67.7 Å². The lowest BCUT2D eigenvalue weighted by Crippen LogP contribution is -2.07. The normalized spacial score (nSPS) is 15.3. The number of hydrogen-bond acceptors (Lipinski definition) is 20. The van der Waals surface area contributed by atoms with Gasteiger partial charge in [-0.15, -0.1) is 0 Å². The van der Waals surface area contributed by atoms with E-state index >= 15 is 0 Å². The van der Waals surface area contributed by atoms with Gasteiger partial charge in [0.1, 0.15) is 33.0 Å². The van der Waals surface area contributed by atoms with Crippen LogP contribution >= 0.6 is 35.3 Å². The van der Waals surface area contributed by atoms with Crippen molar-refractivity contribution in [3.8, 4) is 0 Å². The zero-order chi connectivity index (χ0) is 90.0. The number of carbonyl (C=O) groups excluding carboxylic acids is 4. The summed E-state index contributed by atoms with van der Waals surface area (Å²) in [5, 5.41) is 32.8. The van der Waals surface area contributed by atoms with Crippen LogP contribution < -0.4 is 0 Å². The number of rotatable bonds is 19. The van der Waals surface area contributed by atoms with Crippen molar-refractivity contribution in [3.63, 3.8) is 0 Å². The fourth-order valence-electron chi connectivity index (χ4n) is 12.6. The lowest BCUT2D eigenvalue weighted by atomic mass is 9.99. The van der Waals surface area contributed by atoms with E-state index in [0.29, 0.717) is 25.0 Å². The van der Waals surface area contributed by atoms with Crippen LogP contribution in [0.2, 0.25) is 0 Å². The first-order valence-corrected chi connectivity index (χ1v) is 45.7. The minimum Gasteiger partial charge on any atom is -0.480 e. The Balaban J connectivity index is -0.000000287. The third-order valence-corrected chi connectivity index (χ3v) is 20.0. The van der Waals surface area contributed by atoms with Crippen molar-refractivity contribution in [2.45, 2.75) is 209 Å². The highest BCUT2D eigenvalue weighted by atomic mass is 32.2. The fraction of sp³-hybridized carbons (Fsp3) is 0.573. The summed E-state index contributed by atoms with van der Waals surface area (Å²) >= 11 is 5.89. The van der Waals surface area contributed by atoms with Gasteiger partial charge >= 0.3 is 29.8 Å². The quantitative estimate of drug-likeness (QED) is 0.0434. The van der Waals surface area contributed by atoms with Crippen LogP contribution in [0, 0.1) is 0 Å². The molecule has 0 saturated carbocycles. The van der Waals surface area contributed by atoms with Crippen molar-refractivity contribution in [1.82, 2.24) is 0 Å². The fourth-order valence-corrected chi connectivity index (χ4v) is 14.9. The Morgan fingerprint density at radius 2 is 0.470 bits per heavy atom. The molecule has 0 amide bonds. The highest BCUT2D eigenvalue weighted by Crippen LogP contribution is 2.38. The molecule has 12 rings (SSSR count). The Kier molecular flexibility index (Phi) is 90.4. The van der Waals surface area contributed by atoms with E-state index in [2.05, 4.69) is 202 Å². The summed E-state index contributed by atoms with van der Waals surface area (Å²) in [6.45, 7) is 26.8. The zero-order valence-electron chi connectivity index (χ0n) is 76.8. The first-order chi connectivity index (χ1) is 57.0. The van der Waals surface area contributed by atoms with E-state index in [1.165, 1.54) is 161 Å². The van der Waals surface area contributed by atoms with Crippen molar-refractivity contribution < 1.29 is 87.0 Å². The van der Waals surface area contributed by atoms with E-state index < -0.39 is 5.97 Å². The van der Waals surface area contributed by atoms with Crippen LogP contribution in [0.4, 0.5) is 0 Å². The van der Waals surface area contributed by atoms with Gasteiger partial charge in [0.25, 0.3) is 0 Å². The van der Waals surface area contributed by atoms with Gasteiger partial charge in [-0.25, -0.2) is 24.0 Å². The number of fused-ring (bicyclic) bond motifs is 6. The van der Waals surface area contributed by atoms with Crippen molar-refractivity contribution in [1.29, 1.82) is 0 Å². The monoisotopic (exact) mass is 1700 g/mol. The van der Waals surface area contributed by atoms with Gasteiger partial charge in [-0.05, 0) is 210 Å². The third-order valence-electron chi connectivity index (χ3n) is 17.8. The Morgan fingerprint density at radius 1 is 0.299 bits per heavy atom. The van der Waals surface area contributed by atoms with Gasteiger partial charge in [-0.3, -0.25) is 0 Å². The van der Waals surface area contributed by atoms with Gasteiger partial charge in [0.05, 0.1) is 28.4 Å². The number of benzene rings is 6. The van der Waals surface area contributed by atoms with Crippen LogP contribution in [0.15, 0.2) is 146 Å². The summed E-state index contributed by atoms with van der Waals surface area (Å²) in [6, 6.07) is 52.3. The maximum absolute atomic E-state index is 10.1. The van der Waals surface area contributed by atoms with E-state index in [1.807, 2.05) is 131 Å². The van der Waals surface area contributed by atoms with Crippen molar-refractivity contribution in [2.24, 2.45) is 0 Å². The number of ether oxygens (including phenoxy) is 9. The van der Waals surface area contributed by atoms with Gasteiger partial charge < -0.3 is 63.1 Å². The number of carbonyl (C=O) groups is 5. The van der Waals surface area contributed by atoms with E-state index in [1.54, 1.807) is 44.5 Å². The largest absolute Gasteiger partial charge is 0.480 e. The molecule has 0 fully saturated rings. The molecule has 21 heteroatoms. The predicted octanol–water partition coefficient (Wildman–Crippen LogP) is 20.5. The van der Waals surface area contributed by atoms with Crippen molar-refractivity contribution in [3.05, 3.63) is 212 Å². The molecule has 4 N–H and O–H groups in total. The van der Waals surface area contributed by atoms with Crippen LogP contribution in [0.25, 0.3) is 0 Å². The molecule has 6 aromatic carbocycles. The molecule has 0 aromatic heterocycles. The number of aliphatic hydroxyl groups excluding tert-OH is 3. The van der Waals surface area contributed by atoms with Gasteiger partial charge in [-0.2, -0.15) is 35.3 Å². The van der Waals surface area contributed by atoms with Crippen LogP contribution in [0.1, 0.15) is 237 Å². The van der Waals surface area contributed by atoms with Gasteiger partial charge in [-0.1, -0.05) is 236 Å². The summed E-state index contributed by atoms with van der Waals surface area (Å²) in [7, 11) is 13.4. The van der Waals surface area contributed by atoms with Crippen molar-refractivity contribution >= 4 is 65.1 Å². The number of carboxylic acid groups (broad SMARTS) is 1. The molecule has 18 nitrogen and oxygen atoms in total. The standard InChI is InChI=1S/3C11H14S.C11H14.2C10H12O.4C4H8O3.C3H6O3.6C2H6.CH4O/c3*1-12-8-10-7-6-9-4-2-3-5-11(9)10;1-2-9-7-8-10-5-3-4-6-11(9)10;2*11-7-9-6-5-8-3-1-2-4-10(8)9;4*1-6-3-4(5)7-2;1-6-2-3(4)5;7*1-2/h3*2-5,10H,6-8H2,1H3;3-6,9H,2,7-8H2,1H3;2*1-4,9,11H,5-7H2;4*3H2,1-2H3;2H2,1H3,(H,4,5);6*1-2H3;2H,1H3. The second-order valence-electron chi connectivity index (χ2n) is 24.6. The lowest BCUT2D eigenvalue weighted by Gasteiger charge is -2.08. The first-order valence-electron chi connectivity index (χ1n) is 41.5. The number of methoxy groups -OCH3 is 9. The number of esters is 4. The van der Waals surface area contributed by atoms with E-state index in [9.17, 15) is 24.0 Å². The molecule has 0 spiro atoms. The van der Waals surface area contributed by atoms with Crippen LogP contribution in [0.5, 0.6) is 0 Å². The number of thioether (sulfide) groups is 3. The average molecular weight is 1700 g/mol. The average Bonchev–Trinajstić information content (AvgIpc) is 1.75. The molecule has 668 valence electrons. The molecule has 0 aliphatic heterocycles. The lowest BCUT2D eigenvalue weighted by molar-refractivity contribution is -0.145. The summed E-state index contributed by atoms with van der Waals surface area (Å²) in [5.74, 6) is 5.71. The van der Waals surface area contributed by atoms with Crippen molar-refractivity contribution in [2.75, 3.05) is 153 Å². The predicted molar refractivity (Wildman–Crippen MR) is 496 cm³/mol. The molecule has 6 aliphatic carbocycles. The number of aliphatic hydroxyl groups is 3. The minimum absolute atomic E-state index is 0.0382. The zero-order valence-corrected chi connectivity index (χ0v) is 79.3. The maximum atomic E-state index is 10.1. The summed E-state index contributed by atoms with van der Waals surface area (Å²) < 4.78 is 38.8. The molecule has 6 unspecified atom stereocenters. The smallest absolute Gasteiger partial charge is 0.331 e. The molecule has 117 heavy (non-hydrogen) atoms. The number of aliphatic carboxylic acids is 1. The third kappa shape index (κ3) is 55.1. The highest BCUT2D eigenvalue weighted by Gasteiger charge is 2.25. The SMILES string of the molecule is CC.CC.CC.CC.CC.CC.CCC1CCc2ccccc21.CO.COCC(=O)O.COCC(=O)OC.COCC(=O)OC.COCC(=O)OC.COCC(=O)OC.CSCC1CCc2ccccc21.CSCC1CCc2ccccc21.CSCC1CCc2ccccc21.OCC1CCc2ccccc21.OCC1CCc2ccccc21. The molecule has 6 atom stereocenters. The van der Waals surface area contributed by atoms with E-state index in [4.69, 9.17) is 20.4 Å². The Morgan fingerprint density at radius 3 is 0.615 bits per heavy atom. The Hall–Kier alpha value is -6.60. The Labute approximate surface area is 722 Å². The molecule has 0 radical (unpaired) electrons. The molecule has 0 bridgehead atoms. The first kappa shape index (κ1) is 121. The van der Waals surface area contributed by atoms with Crippen LogP contribution in [-0.2, 0) is 105 Å². The molecule has 0 heterocycles. The number of carboxylic acids is 1. The molecular formula is C96H158O18S3. The van der Waals surface area contributed by atoms with E-state index in [0.717, 1.165) is 56.5 Å². The topological polar surface area (TPSA) is 249 Å². The highest BCUT2D eigenvalue weighted by molar-refractivity contribution is 7.99. The summed E-state index contributed by atoms with van der Waals surface area (Å²) in [5.41, 5.74) is 18.3. The van der Waals surface area contributed by atoms with Crippen LogP contribution in [-0.4, -0.2) is 204 Å². The number of aryl methyl sites for hydroxylation is 6.